The number of rotatable bonds is 0. The summed E-state index contributed by atoms with van der Waals surface area (Å²) in [6.45, 7) is 1.10. The van der Waals surface area contributed by atoms with Gasteiger partial charge >= 0.3 is 0 Å². The van der Waals surface area contributed by atoms with Gasteiger partial charge in [-0.15, -0.1) is 0 Å². The lowest BCUT2D eigenvalue weighted by atomic mass is 9.95. The van der Waals surface area contributed by atoms with Crippen LogP contribution in [-0.2, 0) is 20.9 Å². The quantitative estimate of drug-likeness (QED) is 0.640. The third-order valence-corrected chi connectivity index (χ3v) is 2.72. The third kappa shape index (κ3) is 1.27. The van der Waals surface area contributed by atoms with Crippen LogP contribution in [0.5, 0.6) is 0 Å². The predicted molar refractivity (Wildman–Crippen MR) is 54.0 cm³/mol. The Bertz CT molecular complexity index is 460. The molecule has 0 saturated heterocycles. The first-order valence-corrected chi connectivity index (χ1v) is 4.91. The van der Waals surface area contributed by atoms with Crippen LogP contribution in [0.25, 0.3) is 5.57 Å². The zero-order valence-corrected chi connectivity index (χ0v) is 8.16. The third-order valence-electron chi connectivity index (χ3n) is 2.72. The van der Waals surface area contributed by atoms with Crippen molar-refractivity contribution in [3.05, 3.63) is 41.2 Å². The molecule has 3 heteroatoms. The molecule has 0 fully saturated rings. The Morgan fingerprint density at radius 1 is 1.07 bits per heavy atom. The summed E-state index contributed by atoms with van der Waals surface area (Å²) in [6.07, 6.45) is 0. The highest BCUT2D eigenvalue weighted by Crippen LogP contribution is 2.32. The van der Waals surface area contributed by atoms with Gasteiger partial charge in [0.05, 0.1) is 6.61 Å². The van der Waals surface area contributed by atoms with E-state index >= 15 is 0 Å². The number of carbonyl (C=O) groups excluding carboxylic acids is 1. The number of benzene rings is 1. The number of hydrogen-bond acceptors (Lipinski definition) is 3. The molecule has 0 N–H and O–H groups in total. The molecular weight excluding hydrogens is 192 g/mol. The van der Waals surface area contributed by atoms with E-state index in [1.165, 1.54) is 0 Å². The summed E-state index contributed by atoms with van der Waals surface area (Å²) in [6, 6.07) is 7.96. The Balaban J connectivity index is 2.18. The Kier molecular flexibility index (Phi) is 1.86. The predicted octanol–water partition coefficient (Wildman–Crippen LogP) is 1.53. The summed E-state index contributed by atoms with van der Waals surface area (Å²) >= 11 is 0. The van der Waals surface area contributed by atoms with E-state index in [1.54, 1.807) is 0 Å². The first-order valence-electron chi connectivity index (χ1n) is 4.91. The molecule has 15 heavy (non-hydrogen) atoms. The lowest BCUT2D eigenvalue weighted by molar-refractivity contribution is -0.124. The molecule has 2 aliphatic rings. The molecule has 0 atom stereocenters. The number of ketones is 1. The van der Waals surface area contributed by atoms with Crippen LogP contribution in [0.1, 0.15) is 11.1 Å². The van der Waals surface area contributed by atoms with Crippen molar-refractivity contribution < 1.29 is 14.3 Å². The van der Waals surface area contributed by atoms with Gasteiger partial charge in [-0.05, 0) is 11.1 Å². The maximum absolute atomic E-state index is 11.5. The van der Waals surface area contributed by atoms with Gasteiger partial charge in [-0.1, -0.05) is 24.3 Å². The fourth-order valence-corrected chi connectivity index (χ4v) is 2.00. The Morgan fingerprint density at radius 2 is 1.93 bits per heavy atom. The minimum atomic E-state index is -0.0502. The van der Waals surface area contributed by atoms with Crippen LogP contribution in [0.2, 0.25) is 0 Å². The average Bonchev–Trinajstić information content (AvgIpc) is 2.29. The van der Waals surface area contributed by atoms with Gasteiger partial charge in [0.2, 0.25) is 5.78 Å². The maximum Gasteiger partial charge on any atom is 0.223 e. The van der Waals surface area contributed by atoms with Crippen LogP contribution in [0.4, 0.5) is 0 Å². The van der Waals surface area contributed by atoms with Crippen molar-refractivity contribution in [1.82, 2.24) is 0 Å². The Labute approximate surface area is 87.3 Å². The molecule has 3 nitrogen and oxygen atoms in total. The number of fused-ring (bicyclic) bond motifs is 2. The topological polar surface area (TPSA) is 35.5 Å². The first kappa shape index (κ1) is 8.68. The van der Waals surface area contributed by atoms with Gasteiger partial charge in [0.25, 0.3) is 0 Å². The monoisotopic (exact) mass is 202 g/mol. The summed E-state index contributed by atoms with van der Waals surface area (Å²) in [5, 5.41) is 0. The molecule has 2 aliphatic heterocycles. The standard InChI is InChI=1S/C12H10O3/c13-11-7-14-6-10-9-4-2-1-3-8(9)5-15-12(10)11/h1-4H,5-7H2. The average molecular weight is 202 g/mol. The molecule has 0 aliphatic carbocycles. The van der Waals surface area contributed by atoms with Gasteiger partial charge < -0.3 is 9.47 Å². The fourth-order valence-electron chi connectivity index (χ4n) is 2.00. The zero-order valence-electron chi connectivity index (χ0n) is 8.16. The molecule has 0 amide bonds. The highest BCUT2D eigenvalue weighted by Gasteiger charge is 2.28. The van der Waals surface area contributed by atoms with Crippen LogP contribution in [0.15, 0.2) is 30.0 Å². The van der Waals surface area contributed by atoms with E-state index in [0.29, 0.717) is 19.0 Å². The van der Waals surface area contributed by atoms with Gasteiger partial charge in [-0.25, -0.2) is 0 Å². The molecule has 0 spiro atoms. The van der Waals surface area contributed by atoms with Gasteiger partial charge in [0, 0.05) is 5.57 Å². The molecule has 1 aromatic carbocycles. The highest BCUT2D eigenvalue weighted by molar-refractivity contribution is 6.03. The van der Waals surface area contributed by atoms with Crippen LogP contribution in [0, 0.1) is 0 Å². The molecule has 2 heterocycles. The van der Waals surface area contributed by atoms with Gasteiger partial charge in [-0.3, -0.25) is 4.79 Å². The molecular formula is C12H10O3. The molecule has 0 bridgehead atoms. The van der Waals surface area contributed by atoms with Crippen molar-refractivity contribution in [2.45, 2.75) is 6.61 Å². The second-order valence-electron chi connectivity index (χ2n) is 3.67. The van der Waals surface area contributed by atoms with Crippen LogP contribution >= 0.6 is 0 Å². The molecule has 0 aromatic heterocycles. The minimum Gasteiger partial charge on any atom is -0.485 e. The van der Waals surface area contributed by atoms with Crippen molar-refractivity contribution in [3.8, 4) is 0 Å². The number of Topliss-reactive ketones (excluding diaryl/α,β-unsaturated/α-hetero) is 1. The van der Waals surface area contributed by atoms with Gasteiger partial charge in [-0.2, -0.15) is 0 Å². The van der Waals surface area contributed by atoms with E-state index in [0.717, 1.165) is 16.7 Å². The number of carbonyl (C=O) groups is 1. The zero-order chi connectivity index (χ0) is 10.3. The summed E-state index contributed by atoms with van der Waals surface area (Å²) in [5.41, 5.74) is 3.11. The van der Waals surface area contributed by atoms with Crippen molar-refractivity contribution in [2.75, 3.05) is 13.2 Å². The smallest absolute Gasteiger partial charge is 0.223 e. The van der Waals surface area contributed by atoms with Crippen LogP contribution in [-0.4, -0.2) is 19.0 Å². The summed E-state index contributed by atoms with van der Waals surface area (Å²) in [7, 11) is 0. The fraction of sp³-hybridized carbons (Fsp3) is 0.250. The highest BCUT2D eigenvalue weighted by atomic mass is 16.5. The van der Waals surface area contributed by atoms with Crippen molar-refractivity contribution >= 4 is 11.4 Å². The van der Waals surface area contributed by atoms with Gasteiger partial charge in [0.15, 0.2) is 5.76 Å². The number of hydrogen-bond donors (Lipinski definition) is 0. The Morgan fingerprint density at radius 3 is 2.87 bits per heavy atom. The summed E-state index contributed by atoms with van der Waals surface area (Å²) in [4.78, 5) is 11.5. The second kappa shape index (κ2) is 3.21. The van der Waals surface area contributed by atoms with E-state index < -0.39 is 0 Å². The molecule has 1 aromatic rings. The minimum absolute atomic E-state index is 0.0502. The number of ether oxygens (including phenoxy) is 2. The largest absolute Gasteiger partial charge is 0.485 e. The molecule has 0 saturated carbocycles. The van der Waals surface area contributed by atoms with E-state index in [-0.39, 0.29) is 12.4 Å². The van der Waals surface area contributed by atoms with Crippen LogP contribution < -0.4 is 0 Å². The lowest BCUT2D eigenvalue weighted by Gasteiger charge is -2.26. The molecule has 0 unspecified atom stereocenters. The van der Waals surface area contributed by atoms with E-state index in [4.69, 9.17) is 9.47 Å². The van der Waals surface area contributed by atoms with Crippen molar-refractivity contribution in [3.63, 3.8) is 0 Å². The first-order chi connectivity index (χ1) is 7.36. The maximum atomic E-state index is 11.5. The Hall–Kier alpha value is -1.61. The summed E-state index contributed by atoms with van der Waals surface area (Å²) < 4.78 is 10.7. The van der Waals surface area contributed by atoms with Crippen LogP contribution in [0.3, 0.4) is 0 Å². The van der Waals surface area contributed by atoms with Crippen molar-refractivity contribution in [1.29, 1.82) is 0 Å². The van der Waals surface area contributed by atoms with Gasteiger partial charge in [0.1, 0.15) is 13.2 Å². The molecule has 0 radical (unpaired) electrons. The van der Waals surface area contributed by atoms with E-state index in [2.05, 4.69) is 0 Å². The van der Waals surface area contributed by atoms with E-state index in [9.17, 15) is 4.79 Å². The normalized spacial score (nSPS) is 19.3. The lowest BCUT2D eigenvalue weighted by Crippen LogP contribution is -2.25. The van der Waals surface area contributed by atoms with E-state index in [1.807, 2.05) is 24.3 Å². The summed E-state index contributed by atoms with van der Waals surface area (Å²) in [5.74, 6) is 0.450. The SMILES string of the molecule is O=C1COCC2=C1OCc1ccccc12. The molecule has 3 rings (SSSR count). The molecule has 76 valence electrons. The second-order valence-corrected chi connectivity index (χ2v) is 3.67. The van der Waals surface area contributed by atoms with Crippen molar-refractivity contribution in [2.24, 2.45) is 0 Å².